The molecule has 0 saturated carbocycles. The van der Waals surface area contributed by atoms with Gasteiger partial charge in [-0.05, 0) is 71.3 Å². The van der Waals surface area contributed by atoms with Crippen molar-refractivity contribution in [1.82, 2.24) is 0 Å². The summed E-state index contributed by atoms with van der Waals surface area (Å²) in [5.41, 5.74) is -0.174. The largest absolute Gasteiger partial charge is 0.432 e. The van der Waals surface area contributed by atoms with Gasteiger partial charge in [-0.1, -0.05) is 30.7 Å². The van der Waals surface area contributed by atoms with E-state index >= 15 is 0 Å². The Morgan fingerprint density at radius 3 is 2.48 bits per heavy atom. The molecule has 2 N–H and O–H groups in total. The summed E-state index contributed by atoms with van der Waals surface area (Å²) in [4.78, 5) is 41.5. The van der Waals surface area contributed by atoms with Gasteiger partial charge in [-0.2, -0.15) is 0 Å². The van der Waals surface area contributed by atoms with E-state index < -0.39 is 35.4 Å². The number of rotatable bonds is 11. The van der Waals surface area contributed by atoms with Crippen molar-refractivity contribution in [2.24, 2.45) is 17.3 Å². The van der Waals surface area contributed by atoms with E-state index in [0.717, 1.165) is 5.57 Å². The average Bonchev–Trinajstić information content (AvgIpc) is 2.81. The number of Topliss-reactive ketones (excluding diaryl/α,β-unsaturated/α-hetero) is 2. The maximum absolute atomic E-state index is 13.2. The van der Waals surface area contributed by atoms with Gasteiger partial charge in [-0.25, -0.2) is 9.68 Å². The van der Waals surface area contributed by atoms with Gasteiger partial charge >= 0.3 is 5.97 Å². The second kappa shape index (κ2) is 12.8. The number of carbonyl (C=O) groups is 3. The van der Waals surface area contributed by atoms with Crippen LogP contribution in [-0.4, -0.2) is 40.1 Å². The van der Waals surface area contributed by atoms with Crippen molar-refractivity contribution in [3.8, 4) is 0 Å². The van der Waals surface area contributed by atoms with Crippen LogP contribution in [0.15, 0.2) is 47.8 Å². The first-order valence-corrected chi connectivity index (χ1v) is 11.2. The number of allylic oxidation sites excluding steroid dienone is 4. The van der Waals surface area contributed by atoms with Crippen LogP contribution in [0, 0.1) is 17.3 Å². The second-order valence-corrected chi connectivity index (χ2v) is 9.77. The van der Waals surface area contributed by atoms with Crippen molar-refractivity contribution >= 4 is 17.5 Å². The van der Waals surface area contributed by atoms with E-state index in [-0.39, 0.29) is 18.0 Å². The lowest BCUT2D eigenvalue weighted by Crippen LogP contribution is -2.35. The SMILES string of the molecule is CC(=O)C[C@@H]1C(=O)C(CO)=CC[C@](C)(CC/C=C/C(C)(C)OO)[C@H]1/C=C/OC(=O)C=C(C)C. The van der Waals surface area contributed by atoms with Gasteiger partial charge in [0.05, 0.1) is 12.9 Å². The number of ether oxygens (including phenoxy) is 1. The molecule has 0 heterocycles. The van der Waals surface area contributed by atoms with Crippen LogP contribution in [0.4, 0.5) is 0 Å². The number of esters is 1. The smallest absolute Gasteiger partial charge is 0.335 e. The number of aliphatic hydroxyl groups is 1. The van der Waals surface area contributed by atoms with E-state index in [1.165, 1.54) is 19.3 Å². The van der Waals surface area contributed by atoms with Gasteiger partial charge in [0.2, 0.25) is 0 Å². The van der Waals surface area contributed by atoms with Crippen molar-refractivity contribution in [3.05, 3.63) is 47.8 Å². The summed E-state index contributed by atoms with van der Waals surface area (Å²) in [5, 5.41) is 18.7. The van der Waals surface area contributed by atoms with E-state index in [1.54, 1.807) is 45.9 Å². The highest BCUT2D eigenvalue weighted by atomic mass is 17.1. The Morgan fingerprint density at radius 1 is 1.27 bits per heavy atom. The first-order chi connectivity index (χ1) is 15.3. The highest BCUT2D eigenvalue weighted by Crippen LogP contribution is 2.46. The van der Waals surface area contributed by atoms with Crippen molar-refractivity contribution in [3.63, 3.8) is 0 Å². The first kappa shape index (κ1) is 28.7. The van der Waals surface area contributed by atoms with Crippen LogP contribution in [0.2, 0.25) is 0 Å². The summed E-state index contributed by atoms with van der Waals surface area (Å²) >= 11 is 0. The van der Waals surface area contributed by atoms with Gasteiger partial charge in [0.1, 0.15) is 11.4 Å². The monoisotopic (exact) mass is 462 g/mol. The van der Waals surface area contributed by atoms with Crippen molar-refractivity contribution < 1.29 is 34.4 Å². The van der Waals surface area contributed by atoms with Crippen molar-refractivity contribution in [2.45, 2.75) is 72.8 Å². The molecule has 0 unspecified atom stereocenters. The highest BCUT2D eigenvalue weighted by molar-refractivity contribution is 6.00. The molecule has 7 heteroatoms. The first-order valence-electron chi connectivity index (χ1n) is 11.2. The van der Waals surface area contributed by atoms with Crippen LogP contribution >= 0.6 is 0 Å². The predicted octanol–water partition coefficient (Wildman–Crippen LogP) is 4.72. The molecule has 0 fully saturated rings. The summed E-state index contributed by atoms with van der Waals surface area (Å²) in [5.74, 6) is -1.97. The van der Waals surface area contributed by atoms with E-state index in [1.807, 2.05) is 13.0 Å². The summed E-state index contributed by atoms with van der Waals surface area (Å²) in [6.07, 6.45) is 11.6. The van der Waals surface area contributed by atoms with Crippen LogP contribution in [0.25, 0.3) is 0 Å². The van der Waals surface area contributed by atoms with Gasteiger partial charge in [0, 0.05) is 24.0 Å². The van der Waals surface area contributed by atoms with Crippen LogP contribution in [0.5, 0.6) is 0 Å². The molecular weight excluding hydrogens is 424 g/mol. The number of hydrogen-bond donors (Lipinski definition) is 2. The fraction of sp³-hybridized carbons (Fsp3) is 0.577. The van der Waals surface area contributed by atoms with Gasteiger partial charge in [0.15, 0.2) is 5.78 Å². The van der Waals surface area contributed by atoms with Crippen LogP contribution in [0.3, 0.4) is 0 Å². The van der Waals surface area contributed by atoms with Gasteiger partial charge in [0.25, 0.3) is 0 Å². The van der Waals surface area contributed by atoms with Gasteiger partial charge < -0.3 is 14.6 Å². The Kier molecular flexibility index (Phi) is 11.1. The highest BCUT2D eigenvalue weighted by Gasteiger charge is 2.43. The molecule has 33 heavy (non-hydrogen) atoms. The second-order valence-electron chi connectivity index (χ2n) is 9.77. The zero-order valence-corrected chi connectivity index (χ0v) is 20.6. The molecule has 0 amide bonds. The van der Waals surface area contributed by atoms with E-state index in [2.05, 4.69) is 4.89 Å². The molecule has 0 aromatic carbocycles. The summed E-state index contributed by atoms with van der Waals surface area (Å²) < 4.78 is 5.20. The van der Waals surface area contributed by atoms with E-state index in [9.17, 15) is 19.5 Å². The summed E-state index contributed by atoms with van der Waals surface area (Å²) in [6.45, 7) is 10.1. The molecule has 184 valence electrons. The van der Waals surface area contributed by atoms with Crippen molar-refractivity contribution in [2.75, 3.05) is 6.61 Å². The number of carbonyl (C=O) groups excluding carboxylic acids is 3. The van der Waals surface area contributed by atoms with E-state index in [0.29, 0.717) is 24.8 Å². The van der Waals surface area contributed by atoms with Gasteiger partial charge in [-0.15, -0.1) is 0 Å². The lowest BCUT2D eigenvalue weighted by atomic mass is 9.65. The third kappa shape index (κ3) is 9.20. The molecule has 7 nitrogen and oxygen atoms in total. The maximum Gasteiger partial charge on any atom is 0.335 e. The lowest BCUT2D eigenvalue weighted by molar-refractivity contribution is -0.297. The zero-order chi connectivity index (χ0) is 25.2. The topological polar surface area (TPSA) is 110 Å². The third-order valence-electron chi connectivity index (χ3n) is 5.90. The zero-order valence-electron chi connectivity index (χ0n) is 20.6. The molecule has 0 spiro atoms. The minimum absolute atomic E-state index is 0.0317. The summed E-state index contributed by atoms with van der Waals surface area (Å²) in [7, 11) is 0. The van der Waals surface area contributed by atoms with E-state index in [4.69, 9.17) is 9.99 Å². The normalized spacial score (nSPS) is 24.0. The molecule has 1 aliphatic carbocycles. The minimum Gasteiger partial charge on any atom is -0.432 e. The number of ketones is 2. The lowest BCUT2D eigenvalue weighted by Gasteiger charge is -2.38. The Morgan fingerprint density at radius 2 is 1.94 bits per heavy atom. The molecule has 0 aromatic rings. The molecule has 1 aliphatic rings. The van der Waals surface area contributed by atoms with Gasteiger partial charge in [-0.3, -0.25) is 10.1 Å². The molecular formula is C26H38O7. The fourth-order valence-corrected chi connectivity index (χ4v) is 4.06. The maximum atomic E-state index is 13.2. The van der Waals surface area contributed by atoms with Crippen molar-refractivity contribution in [1.29, 1.82) is 0 Å². The quantitative estimate of drug-likeness (QED) is 0.114. The Labute approximate surface area is 196 Å². The van der Waals surface area contributed by atoms with Crippen LogP contribution in [-0.2, 0) is 24.0 Å². The Balaban J connectivity index is 3.30. The average molecular weight is 463 g/mol. The van der Waals surface area contributed by atoms with Crippen LogP contribution in [0.1, 0.15) is 67.2 Å². The number of aliphatic hydroxyl groups excluding tert-OH is 1. The molecule has 1 rings (SSSR count). The molecule has 0 aliphatic heterocycles. The Bertz CT molecular complexity index is 828. The Hall–Kier alpha value is -2.35. The molecule has 0 radical (unpaired) electrons. The molecule has 0 bridgehead atoms. The summed E-state index contributed by atoms with van der Waals surface area (Å²) in [6, 6.07) is 0. The predicted molar refractivity (Wildman–Crippen MR) is 126 cm³/mol. The standard InChI is InChI=1S/C26H38O7/c1-18(2)15-23(29)32-14-10-22-21(16-19(3)28)24(30)20(17-27)9-13-26(22,6)12-8-7-11-25(4,5)33-31/h7,9-11,14-15,21-22,27,31H,8,12-13,16-17H2,1-6H3/b11-7+,14-10+/t21-,22-,26-/m0/s1. The third-order valence-corrected chi connectivity index (χ3v) is 5.90. The van der Waals surface area contributed by atoms with Crippen LogP contribution < -0.4 is 0 Å². The number of hydrogen-bond acceptors (Lipinski definition) is 7. The molecule has 3 atom stereocenters. The molecule has 0 saturated heterocycles. The fourth-order valence-electron chi connectivity index (χ4n) is 4.06. The molecule has 0 aromatic heterocycles. The minimum atomic E-state index is -0.820.